The standard InChI is InChI=1S/C12H9FIN3O2/c13-9-5-11(12(17(18)19)6-10(9)14)16-8-3-1-2-7(15)4-8/h1-6,16H,15H2. The Bertz CT molecular complexity index is 649. The summed E-state index contributed by atoms with van der Waals surface area (Å²) in [5, 5.41) is 13.8. The summed E-state index contributed by atoms with van der Waals surface area (Å²) in [5.41, 5.74) is 6.59. The Kier molecular flexibility index (Phi) is 3.84. The quantitative estimate of drug-likeness (QED) is 0.372. The molecule has 0 radical (unpaired) electrons. The lowest BCUT2D eigenvalue weighted by Gasteiger charge is -2.08. The van der Waals surface area contributed by atoms with Crippen molar-refractivity contribution in [1.29, 1.82) is 0 Å². The molecule has 0 bridgehead atoms. The molecule has 2 rings (SSSR count). The molecule has 0 heterocycles. The molecule has 0 amide bonds. The van der Waals surface area contributed by atoms with Crippen LogP contribution >= 0.6 is 22.6 Å². The molecule has 0 saturated carbocycles. The first-order chi connectivity index (χ1) is 8.97. The Balaban J connectivity index is 2.44. The summed E-state index contributed by atoms with van der Waals surface area (Å²) >= 11 is 1.71. The van der Waals surface area contributed by atoms with Crippen LogP contribution in [0.2, 0.25) is 0 Å². The molecule has 0 aliphatic carbocycles. The lowest BCUT2D eigenvalue weighted by Crippen LogP contribution is -1.99. The number of nitrogens with zero attached hydrogens (tertiary/aromatic N) is 1. The van der Waals surface area contributed by atoms with E-state index >= 15 is 0 Å². The summed E-state index contributed by atoms with van der Waals surface area (Å²) < 4.78 is 13.7. The molecular formula is C12H9FIN3O2. The Labute approximate surface area is 121 Å². The van der Waals surface area contributed by atoms with Gasteiger partial charge in [0.2, 0.25) is 0 Å². The van der Waals surface area contributed by atoms with Crippen molar-refractivity contribution >= 4 is 45.3 Å². The second-order valence-electron chi connectivity index (χ2n) is 3.79. The zero-order valence-corrected chi connectivity index (χ0v) is 11.7. The van der Waals surface area contributed by atoms with Crippen LogP contribution < -0.4 is 11.1 Å². The topological polar surface area (TPSA) is 81.2 Å². The van der Waals surface area contributed by atoms with E-state index in [1.54, 1.807) is 46.9 Å². The number of hydrogen-bond donors (Lipinski definition) is 2. The molecule has 0 spiro atoms. The fraction of sp³-hybridized carbons (Fsp3) is 0. The van der Waals surface area contributed by atoms with Gasteiger partial charge in [0.05, 0.1) is 8.49 Å². The maximum Gasteiger partial charge on any atom is 0.293 e. The van der Waals surface area contributed by atoms with Gasteiger partial charge in [-0.1, -0.05) is 6.07 Å². The third kappa shape index (κ3) is 3.11. The minimum absolute atomic E-state index is 0.0912. The molecule has 0 fully saturated rings. The van der Waals surface area contributed by atoms with Crippen LogP contribution in [-0.2, 0) is 0 Å². The highest BCUT2D eigenvalue weighted by Gasteiger charge is 2.17. The Morgan fingerprint density at radius 3 is 2.68 bits per heavy atom. The Morgan fingerprint density at radius 2 is 2.05 bits per heavy atom. The molecular weight excluding hydrogens is 364 g/mol. The van der Waals surface area contributed by atoms with Crippen LogP contribution in [0.1, 0.15) is 0 Å². The molecule has 0 aromatic heterocycles. The van der Waals surface area contributed by atoms with Gasteiger partial charge in [-0.25, -0.2) is 4.39 Å². The predicted molar refractivity (Wildman–Crippen MR) is 79.9 cm³/mol. The highest BCUT2D eigenvalue weighted by Crippen LogP contribution is 2.31. The second kappa shape index (κ2) is 5.39. The Morgan fingerprint density at radius 1 is 1.32 bits per heavy atom. The summed E-state index contributed by atoms with van der Waals surface area (Å²) in [7, 11) is 0. The van der Waals surface area contributed by atoms with E-state index in [0.717, 1.165) is 6.07 Å². The van der Waals surface area contributed by atoms with Gasteiger partial charge in [-0.2, -0.15) is 0 Å². The number of nitrogen functional groups attached to an aromatic ring is 1. The van der Waals surface area contributed by atoms with Crippen molar-refractivity contribution < 1.29 is 9.31 Å². The molecule has 2 aromatic carbocycles. The molecule has 0 aliphatic rings. The predicted octanol–water partition coefficient (Wildman–Crippen LogP) is 3.66. The zero-order chi connectivity index (χ0) is 14.0. The first-order valence-electron chi connectivity index (χ1n) is 5.23. The number of nitrogens with two attached hydrogens (primary N) is 1. The second-order valence-corrected chi connectivity index (χ2v) is 4.95. The van der Waals surface area contributed by atoms with Crippen molar-refractivity contribution in [2.45, 2.75) is 0 Å². The largest absolute Gasteiger partial charge is 0.399 e. The van der Waals surface area contributed by atoms with Crippen molar-refractivity contribution in [3.8, 4) is 0 Å². The number of nitrogens with one attached hydrogen (secondary N) is 1. The normalized spacial score (nSPS) is 10.2. The van der Waals surface area contributed by atoms with Gasteiger partial charge in [0.1, 0.15) is 11.5 Å². The zero-order valence-electron chi connectivity index (χ0n) is 9.56. The first-order valence-corrected chi connectivity index (χ1v) is 6.31. The number of rotatable bonds is 3. The van der Waals surface area contributed by atoms with E-state index in [-0.39, 0.29) is 14.9 Å². The van der Waals surface area contributed by atoms with E-state index < -0.39 is 10.7 Å². The third-order valence-electron chi connectivity index (χ3n) is 2.40. The van der Waals surface area contributed by atoms with Crippen LogP contribution in [0.25, 0.3) is 0 Å². The van der Waals surface area contributed by atoms with Gasteiger partial charge in [-0.3, -0.25) is 10.1 Å². The number of hydrogen-bond acceptors (Lipinski definition) is 4. The Hall–Kier alpha value is -1.90. The average molecular weight is 373 g/mol. The number of anilines is 3. The van der Waals surface area contributed by atoms with Crippen molar-refractivity contribution in [3.63, 3.8) is 0 Å². The maximum absolute atomic E-state index is 13.5. The summed E-state index contributed by atoms with van der Waals surface area (Å²) in [6.45, 7) is 0. The molecule has 5 nitrogen and oxygen atoms in total. The lowest BCUT2D eigenvalue weighted by atomic mass is 10.2. The van der Waals surface area contributed by atoms with Crippen LogP contribution in [0, 0.1) is 19.5 Å². The van der Waals surface area contributed by atoms with E-state index in [4.69, 9.17) is 5.73 Å². The minimum atomic E-state index is -0.559. The average Bonchev–Trinajstić information content (AvgIpc) is 2.33. The fourth-order valence-corrected chi connectivity index (χ4v) is 2.01. The van der Waals surface area contributed by atoms with Crippen molar-refractivity contribution in [2.24, 2.45) is 0 Å². The molecule has 2 aromatic rings. The SMILES string of the molecule is Nc1cccc(Nc2cc(F)c(I)cc2[N+](=O)[O-])c1. The first kappa shape index (κ1) is 13.5. The van der Waals surface area contributed by atoms with Crippen LogP contribution in [0.4, 0.5) is 27.1 Å². The van der Waals surface area contributed by atoms with E-state index in [2.05, 4.69) is 5.32 Å². The van der Waals surface area contributed by atoms with Crippen molar-refractivity contribution in [3.05, 3.63) is 55.9 Å². The van der Waals surface area contributed by atoms with Crippen LogP contribution in [0.15, 0.2) is 36.4 Å². The monoisotopic (exact) mass is 373 g/mol. The molecule has 0 saturated heterocycles. The van der Waals surface area contributed by atoms with Gasteiger partial charge >= 0.3 is 0 Å². The summed E-state index contributed by atoms with van der Waals surface area (Å²) in [4.78, 5) is 10.4. The molecule has 3 N–H and O–H groups in total. The van der Waals surface area contributed by atoms with Crippen molar-refractivity contribution in [1.82, 2.24) is 0 Å². The smallest absolute Gasteiger partial charge is 0.293 e. The molecule has 7 heteroatoms. The van der Waals surface area contributed by atoms with E-state index in [1.165, 1.54) is 6.07 Å². The van der Waals surface area contributed by atoms with E-state index in [9.17, 15) is 14.5 Å². The fourth-order valence-electron chi connectivity index (χ4n) is 1.56. The number of nitro benzene ring substituents is 1. The molecule has 19 heavy (non-hydrogen) atoms. The molecule has 0 unspecified atom stereocenters. The highest BCUT2D eigenvalue weighted by molar-refractivity contribution is 14.1. The molecule has 0 atom stereocenters. The molecule has 0 aliphatic heterocycles. The van der Waals surface area contributed by atoms with Gasteiger partial charge in [-0.05, 0) is 40.8 Å². The molecule has 98 valence electrons. The lowest BCUT2D eigenvalue weighted by molar-refractivity contribution is -0.384. The van der Waals surface area contributed by atoms with Gasteiger partial charge in [0, 0.05) is 23.5 Å². The van der Waals surface area contributed by atoms with Gasteiger partial charge in [0.25, 0.3) is 5.69 Å². The van der Waals surface area contributed by atoms with Gasteiger partial charge < -0.3 is 11.1 Å². The summed E-state index contributed by atoms with van der Waals surface area (Å²) in [6, 6.07) is 8.98. The number of nitro groups is 1. The highest BCUT2D eigenvalue weighted by atomic mass is 127. The number of benzene rings is 2. The van der Waals surface area contributed by atoms with Gasteiger partial charge in [-0.15, -0.1) is 0 Å². The van der Waals surface area contributed by atoms with Crippen LogP contribution in [-0.4, -0.2) is 4.92 Å². The maximum atomic E-state index is 13.5. The number of halogens is 2. The third-order valence-corrected chi connectivity index (χ3v) is 3.23. The van der Waals surface area contributed by atoms with Crippen LogP contribution in [0.3, 0.4) is 0 Å². The van der Waals surface area contributed by atoms with Crippen molar-refractivity contribution in [2.75, 3.05) is 11.1 Å². The van der Waals surface area contributed by atoms with Crippen LogP contribution in [0.5, 0.6) is 0 Å². The summed E-state index contributed by atoms with van der Waals surface area (Å²) in [6.07, 6.45) is 0. The van der Waals surface area contributed by atoms with Gasteiger partial charge in [0.15, 0.2) is 0 Å². The summed E-state index contributed by atoms with van der Waals surface area (Å²) in [5.74, 6) is -0.516. The minimum Gasteiger partial charge on any atom is -0.399 e. The van der Waals surface area contributed by atoms with E-state index in [1.807, 2.05) is 0 Å². The van der Waals surface area contributed by atoms with E-state index in [0.29, 0.717) is 11.4 Å².